The summed E-state index contributed by atoms with van der Waals surface area (Å²) in [5.74, 6) is 0.252. The van der Waals surface area contributed by atoms with E-state index in [0.29, 0.717) is 12.2 Å². The van der Waals surface area contributed by atoms with Crippen LogP contribution in [0.25, 0.3) is 10.9 Å². The van der Waals surface area contributed by atoms with E-state index in [1.807, 2.05) is 30.3 Å². The standard InChI is InChI=1S/C16H19NO3/c1-3-4-9-15(16(18)19-2)20-13-10-12-7-5-6-8-14(12)17-11-13/h5-8,10-11,15H,3-4,9H2,1-2H3. The van der Waals surface area contributed by atoms with E-state index in [4.69, 9.17) is 9.47 Å². The highest BCUT2D eigenvalue weighted by Crippen LogP contribution is 2.20. The van der Waals surface area contributed by atoms with Crippen LogP contribution in [0.1, 0.15) is 26.2 Å². The summed E-state index contributed by atoms with van der Waals surface area (Å²) in [6, 6.07) is 9.68. The van der Waals surface area contributed by atoms with Crippen molar-refractivity contribution in [2.24, 2.45) is 0 Å². The summed E-state index contributed by atoms with van der Waals surface area (Å²) < 4.78 is 10.5. The van der Waals surface area contributed by atoms with Crippen LogP contribution < -0.4 is 4.74 Å². The first kappa shape index (κ1) is 14.3. The van der Waals surface area contributed by atoms with Crippen LogP contribution in [-0.2, 0) is 9.53 Å². The number of unbranched alkanes of at least 4 members (excludes halogenated alkanes) is 1. The van der Waals surface area contributed by atoms with Crippen molar-refractivity contribution in [1.29, 1.82) is 0 Å². The number of nitrogens with zero attached hydrogens (tertiary/aromatic N) is 1. The molecule has 4 nitrogen and oxygen atoms in total. The van der Waals surface area contributed by atoms with E-state index in [2.05, 4.69) is 11.9 Å². The number of esters is 1. The molecule has 0 spiro atoms. The minimum absolute atomic E-state index is 0.341. The van der Waals surface area contributed by atoms with Gasteiger partial charge in [0.1, 0.15) is 5.75 Å². The Labute approximate surface area is 118 Å². The Morgan fingerprint density at radius 3 is 2.90 bits per heavy atom. The quantitative estimate of drug-likeness (QED) is 0.757. The predicted octanol–water partition coefficient (Wildman–Crippen LogP) is 3.35. The first-order chi connectivity index (χ1) is 9.74. The fourth-order valence-corrected chi connectivity index (χ4v) is 2.03. The molecule has 106 valence electrons. The monoisotopic (exact) mass is 273 g/mol. The summed E-state index contributed by atoms with van der Waals surface area (Å²) in [7, 11) is 1.38. The summed E-state index contributed by atoms with van der Waals surface area (Å²) in [6.07, 6.45) is 3.65. The highest BCUT2D eigenvalue weighted by atomic mass is 16.6. The van der Waals surface area contributed by atoms with Crippen molar-refractivity contribution in [1.82, 2.24) is 4.98 Å². The number of carbonyl (C=O) groups is 1. The summed E-state index contributed by atoms with van der Waals surface area (Å²) >= 11 is 0. The van der Waals surface area contributed by atoms with Gasteiger partial charge >= 0.3 is 5.97 Å². The number of rotatable bonds is 6. The molecule has 0 bridgehead atoms. The second-order valence-corrected chi connectivity index (χ2v) is 4.64. The van der Waals surface area contributed by atoms with Crippen LogP contribution in [0.2, 0.25) is 0 Å². The molecule has 1 aromatic heterocycles. The molecule has 1 aromatic carbocycles. The van der Waals surface area contributed by atoms with Gasteiger partial charge < -0.3 is 9.47 Å². The number of ether oxygens (including phenoxy) is 2. The highest BCUT2D eigenvalue weighted by Gasteiger charge is 2.20. The summed E-state index contributed by atoms with van der Waals surface area (Å²) in [5.41, 5.74) is 0.906. The summed E-state index contributed by atoms with van der Waals surface area (Å²) in [4.78, 5) is 16.0. The van der Waals surface area contributed by atoms with E-state index >= 15 is 0 Å². The molecule has 1 unspecified atom stereocenters. The lowest BCUT2D eigenvalue weighted by Crippen LogP contribution is -2.28. The van der Waals surface area contributed by atoms with Crippen molar-refractivity contribution in [3.8, 4) is 5.75 Å². The Balaban J connectivity index is 2.16. The van der Waals surface area contributed by atoms with Gasteiger partial charge in [0.2, 0.25) is 0 Å². The molecule has 20 heavy (non-hydrogen) atoms. The number of hydrogen-bond acceptors (Lipinski definition) is 4. The molecule has 2 aromatic rings. The number of pyridine rings is 1. The molecular formula is C16H19NO3. The maximum absolute atomic E-state index is 11.7. The third kappa shape index (κ3) is 3.47. The molecule has 0 aliphatic heterocycles. The molecule has 4 heteroatoms. The normalized spacial score (nSPS) is 12.1. The molecule has 1 heterocycles. The van der Waals surface area contributed by atoms with Gasteiger partial charge in [-0.2, -0.15) is 0 Å². The Morgan fingerprint density at radius 2 is 2.15 bits per heavy atom. The van der Waals surface area contributed by atoms with Gasteiger partial charge in [-0.05, 0) is 25.0 Å². The Kier molecular flexibility index (Phi) is 4.93. The van der Waals surface area contributed by atoms with Gasteiger partial charge in [0.15, 0.2) is 6.10 Å². The number of benzene rings is 1. The Hall–Kier alpha value is -2.10. The molecule has 0 aliphatic carbocycles. The van der Waals surface area contributed by atoms with Gasteiger partial charge in [-0.25, -0.2) is 4.79 Å². The minimum atomic E-state index is -0.567. The second-order valence-electron chi connectivity index (χ2n) is 4.64. The average molecular weight is 273 g/mol. The highest BCUT2D eigenvalue weighted by molar-refractivity contribution is 5.80. The van der Waals surface area contributed by atoms with Gasteiger partial charge in [0, 0.05) is 5.39 Å². The number of hydrogen-bond donors (Lipinski definition) is 0. The van der Waals surface area contributed by atoms with Gasteiger partial charge in [-0.1, -0.05) is 31.5 Å². The third-order valence-electron chi connectivity index (χ3n) is 3.13. The number of para-hydroxylation sites is 1. The SMILES string of the molecule is CCCCC(Oc1cnc2ccccc2c1)C(=O)OC. The maximum Gasteiger partial charge on any atom is 0.347 e. The van der Waals surface area contributed by atoms with E-state index in [1.54, 1.807) is 6.20 Å². The van der Waals surface area contributed by atoms with Crippen LogP contribution in [0.15, 0.2) is 36.5 Å². The number of carbonyl (C=O) groups excluding carboxylic acids is 1. The molecular weight excluding hydrogens is 254 g/mol. The second kappa shape index (κ2) is 6.89. The lowest BCUT2D eigenvalue weighted by atomic mass is 10.1. The van der Waals surface area contributed by atoms with Crippen LogP contribution in [0, 0.1) is 0 Å². The predicted molar refractivity (Wildman–Crippen MR) is 77.7 cm³/mol. The molecule has 0 saturated heterocycles. The molecule has 0 amide bonds. The Bertz CT molecular complexity index is 583. The lowest BCUT2D eigenvalue weighted by molar-refractivity contribution is -0.149. The fraction of sp³-hybridized carbons (Fsp3) is 0.375. The number of fused-ring (bicyclic) bond motifs is 1. The maximum atomic E-state index is 11.7. The lowest BCUT2D eigenvalue weighted by Gasteiger charge is -2.16. The number of aromatic nitrogens is 1. The van der Waals surface area contributed by atoms with Gasteiger partial charge in [0.05, 0.1) is 18.8 Å². The molecule has 2 rings (SSSR count). The molecule has 0 radical (unpaired) electrons. The fourth-order valence-electron chi connectivity index (χ4n) is 2.03. The molecule has 0 aliphatic rings. The first-order valence-corrected chi connectivity index (χ1v) is 6.84. The first-order valence-electron chi connectivity index (χ1n) is 6.84. The van der Waals surface area contributed by atoms with Crippen LogP contribution >= 0.6 is 0 Å². The van der Waals surface area contributed by atoms with Crippen LogP contribution in [0.3, 0.4) is 0 Å². The smallest absolute Gasteiger partial charge is 0.347 e. The van der Waals surface area contributed by atoms with Gasteiger partial charge in [-0.15, -0.1) is 0 Å². The van der Waals surface area contributed by atoms with Crippen LogP contribution in [-0.4, -0.2) is 24.2 Å². The van der Waals surface area contributed by atoms with E-state index in [0.717, 1.165) is 23.7 Å². The van der Waals surface area contributed by atoms with Crippen molar-refractivity contribution >= 4 is 16.9 Å². The van der Waals surface area contributed by atoms with Crippen molar-refractivity contribution in [3.05, 3.63) is 36.5 Å². The zero-order valence-electron chi connectivity index (χ0n) is 11.8. The Morgan fingerprint density at radius 1 is 1.35 bits per heavy atom. The van der Waals surface area contributed by atoms with E-state index in [1.165, 1.54) is 7.11 Å². The van der Waals surface area contributed by atoms with E-state index < -0.39 is 6.10 Å². The average Bonchev–Trinajstić information content (AvgIpc) is 2.50. The third-order valence-corrected chi connectivity index (χ3v) is 3.13. The molecule has 0 fully saturated rings. The zero-order chi connectivity index (χ0) is 14.4. The summed E-state index contributed by atoms with van der Waals surface area (Å²) in [6.45, 7) is 2.08. The zero-order valence-corrected chi connectivity index (χ0v) is 11.8. The molecule has 0 N–H and O–H groups in total. The topological polar surface area (TPSA) is 48.4 Å². The van der Waals surface area contributed by atoms with Crippen molar-refractivity contribution in [2.75, 3.05) is 7.11 Å². The molecule has 1 atom stereocenters. The van der Waals surface area contributed by atoms with Crippen LogP contribution in [0.5, 0.6) is 5.75 Å². The molecule has 0 saturated carbocycles. The van der Waals surface area contributed by atoms with Crippen molar-refractivity contribution in [3.63, 3.8) is 0 Å². The van der Waals surface area contributed by atoms with Crippen LogP contribution in [0.4, 0.5) is 0 Å². The largest absolute Gasteiger partial charge is 0.477 e. The summed E-state index contributed by atoms with van der Waals surface area (Å²) in [5, 5.41) is 0.990. The van der Waals surface area contributed by atoms with E-state index in [9.17, 15) is 4.79 Å². The van der Waals surface area contributed by atoms with Gasteiger partial charge in [-0.3, -0.25) is 4.98 Å². The van der Waals surface area contributed by atoms with Gasteiger partial charge in [0.25, 0.3) is 0 Å². The minimum Gasteiger partial charge on any atom is -0.477 e. The van der Waals surface area contributed by atoms with Crippen molar-refractivity contribution < 1.29 is 14.3 Å². The van der Waals surface area contributed by atoms with E-state index in [-0.39, 0.29) is 5.97 Å². The number of methoxy groups -OCH3 is 1. The van der Waals surface area contributed by atoms with Crippen molar-refractivity contribution in [2.45, 2.75) is 32.3 Å².